The van der Waals surface area contributed by atoms with Crippen LogP contribution in [0.1, 0.15) is 0 Å². The molecule has 0 amide bonds. The maximum absolute atomic E-state index is 11.1. The first kappa shape index (κ1) is 7.53. The van der Waals surface area contributed by atoms with E-state index in [9.17, 15) is 9.59 Å². The maximum atomic E-state index is 11.1. The van der Waals surface area contributed by atoms with Crippen molar-refractivity contribution < 1.29 is 0 Å². The van der Waals surface area contributed by atoms with E-state index in [0.29, 0.717) is 11.3 Å². The Balaban J connectivity index is 2.66. The third kappa shape index (κ3) is 1.28. The zero-order chi connectivity index (χ0) is 9.26. The van der Waals surface area contributed by atoms with Crippen LogP contribution in [0.4, 0.5) is 0 Å². The van der Waals surface area contributed by atoms with Gasteiger partial charge in [0.15, 0.2) is 0 Å². The van der Waals surface area contributed by atoms with E-state index in [4.69, 9.17) is 0 Å². The van der Waals surface area contributed by atoms with Gasteiger partial charge < -0.3 is 10.1 Å². The zero-order valence-electron chi connectivity index (χ0n) is 6.50. The molecule has 0 bridgehead atoms. The van der Waals surface area contributed by atoms with E-state index in [2.05, 4.69) is 20.2 Å². The Morgan fingerprint density at radius 1 is 1.31 bits per heavy atom. The van der Waals surface area contributed by atoms with Crippen molar-refractivity contribution in [3.05, 3.63) is 39.3 Å². The monoisotopic (exact) mass is 178 g/mol. The highest BCUT2D eigenvalue weighted by atomic mass is 16.1. The van der Waals surface area contributed by atoms with Crippen molar-refractivity contribution >= 4 is 0 Å². The summed E-state index contributed by atoms with van der Waals surface area (Å²) in [5, 5.41) is 4.90. The van der Waals surface area contributed by atoms with Crippen LogP contribution in [0.3, 0.4) is 0 Å². The van der Waals surface area contributed by atoms with Gasteiger partial charge in [-0.25, -0.2) is 9.78 Å². The minimum atomic E-state index is -0.474. The van der Waals surface area contributed by atoms with Crippen LogP contribution in [0.25, 0.3) is 11.3 Å². The van der Waals surface area contributed by atoms with Crippen molar-refractivity contribution in [1.82, 2.24) is 20.2 Å². The molecule has 0 fully saturated rings. The van der Waals surface area contributed by atoms with Crippen molar-refractivity contribution in [2.45, 2.75) is 0 Å². The first-order valence-corrected chi connectivity index (χ1v) is 3.59. The summed E-state index contributed by atoms with van der Waals surface area (Å²) in [6, 6.07) is 1.56. The highest BCUT2D eigenvalue weighted by molar-refractivity contribution is 5.55. The lowest BCUT2D eigenvalue weighted by atomic mass is 10.2. The number of hydrogen-bond donors (Lipinski definition) is 3. The molecule has 3 N–H and O–H groups in total. The van der Waals surface area contributed by atoms with Gasteiger partial charge in [-0.1, -0.05) is 0 Å². The molecular formula is C7H6N4O2. The molecule has 66 valence electrons. The second-order valence-corrected chi connectivity index (χ2v) is 2.45. The number of rotatable bonds is 1. The molecular weight excluding hydrogens is 172 g/mol. The van der Waals surface area contributed by atoms with Gasteiger partial charge in [-0.2, -0.15) is 0 Å². The number of hydrogen-bond acceptors (Lipinski definition) is 3. The van der Waals surface area contributed by atoms with E-state index in [1.54, 1.807) is 6.07 Å². The van der Waals surface area contributed by atoms with Gasteiger partial charge in [-0.05, 0) is 6.07 Å². The van der Waals surface area contributed by atoms with E-state index in [1.807, 2.05) is 0 Å². The average Bonchev–Trinajstić information content (AvgIpc) is 2.51. The van der Waals surface area contributed by atoms with Crippen LogP contribution >= 0.6 is 0 Å². The molecule has 2 aromatic heterocycles. The van der Waals surface area contributed by atoms with Crippen LogP contribution < -0.4 is 11.2 Å². The smallest absolute Gasteiger partial charge is 0.305 e. The molecule has 0 spiro atoms. The molecule has 0 aliphatic carbocycles. The SMILES string of the molecule is O=c1nccc(-c2c[nH][nH]c2=O)[nH]1. The summed E-state index contributed by atoms with van der Waals surface area (Å²) in [4.78, 5) is 27.8. The summed E-state index contributed by atoms with van der Waals surface area (Å²) in [6.07, 6.45) is 2.83. The van der Waals surface area contributed by atoms with Crippen molar-refractivity contribution in [1.29, 1.82) is 0 Å². The van der Waals surface area contributed by atoms with Crippen LogP contribution in [-0.2, 0) is 0 Å². The number of aromatic amines is 3. The van der Waals surface area contributed by atoms with Gasteiger partial charge in [-0.3, -0.25) is 9.89 Å². The summed E-state index contributed by atoms with van der Waals surface area (Å²) in [7, 11) is 0. The second kappa shape index (κ2) is 2.74. The van der Waals surface area contributed by atoms with Crippen molar-refractivity contribution in [3.63, 3.8) is 0 Å². The lowest BCUT2D eigenvalue weighted by Gasteiger charge is -1.92. The highest BCUT2D eigenvalue weighted by Crippen LogP contribution is 2.06. The van der Waals surface area contributed by atoms with E-state index in [-0.39, 0.29) is 5.56 Å². The molecule has 13 heavy (non-hydrogen) atoms. The topological polar surface area (TPSA) is 94.4 Å². The average molecular weight is 178 g/mol. The molecule has 2 heterocycles. The molecule has 2 aromatic rings. The normalized spacial score (nSPS) is 10.2. The minimum Gasteiger partial charge on any atom is -0.305 e. The van der Waals surface area contributed by atoms with E-state index >= 15 is 0 Å². The number of H-pyrrole nitrogens is 3. The molecule has 0 saturated heterocycles. The third-order valence-corrected chi connectivity index (χ3v) is 1.61. The van der Waals surface area contributed by atoms with Crippen LogP contribution in [0.2, 0.25) is 0 Å². The van der Waals surface area contributed by atoms with E-state index in [0.717, 1.165) is 0 Å². The van der Waals surface area contributed by atoms with Gasteiger partial charge in [0.1, 0.15) is 0 Å². The zero-order valence-corrected chi connectivity index (χ0v) is 6.50. The standard InChI is InChI=1S/C7H6N4O2/c12-6-4(3-9-11-6)5-1-2-8-7(13)10-5/h1-3H,(H,8,10,13)(H2,9,11,12). The van der Waals surface area contributed by atoms with Crippen LogP contribution in [0.5, 0.6) is 0 Å². The quantitative estimate of drug-likeness (QED) is 0.547. The van der Waals surface area contributed by atoms with Crippen molar-refractivity contribution in [2.24, 2.45) is 0 Å². The Labute approximate surface area is 71.6 Å². The Morgan fingerprint density at radius 2 is 2.15 bits per heavy atom. The molecule has 0 saturated carbocycles. The van der Waals surface area contributed by atoms with Gasteiger partial charge >= 0.3 is 5.69 Å². The molecule has 6 heteroatoms. The first-order valence-electron chi connectivity index (χ1n) is 3.59. The van der Waals surface area contributed by atoms with Gasteiger partial charge in [0, 0.05) is 12.4 Å². The Bertz CT molecular complexity index is 521. The highest BCUT2D eigenvalue weighted by Gasteiger charge is 2.03. The molecule has 0 aromatic carbocycles. The van der Waals surface area contributed by atoms with Crippen LogP contribution in [0, 0.1) is 0 Å². The Hall–Kier alpha value is -2.11. The first-order chi connectivity index (χ1) is 6.27. The summed E-state index contributed by atoms with van der Waals surface area (Å²) in [5.41, 5.74) is 0.0851. The maximum Gasteiger partial charge on any atom is 0.345 e. The van der Waals surface area contributed by atoms with E-state index in [1.165, 1.54) is 12.4 Å². The fourth-order valence-corrected chi connectivity index (χ4v) is 1.03. The molecule has 6 nitrogen and oxygen atoms in total. The Kier molecular flexibility index (Phi) is 1.59. The number of nitrogens with zero attached hydrogens (tertiary/aromatic N) is 1. The molecule has 0 unspecified atom stereocenters. The lowest BCUT2D eigenvalue weighted by molar-refractivity contribution is 1.05. The van der Waals surface area contributed by atoms with Gasteiger partial charge in [-0.15, -0.1) is 0 Å². The molecule has 0 atom stereocenters. The van der Waals surface area contributed by atoms with Gasteiger partial charge in [0.05, 0.1) is 11.3 Å². The largest absolute Gasteiger partial charge is 0.345 e. The van der Waals surface area contributed by atoms with Crippen molar-refractivity contribution in [2.75, 3.05) is 0 Å². The molecule has 0 aliphatic heterocycles. The third-order valence-electron chi connectivity index (χ3n) is 1.61. The van der Waals surface area contributed by atoms with Gasteiger partial charge in [0.2, 0.25) is 0 Å². The van der Waals surface area contributed by atoms with Crippen molar-refractivity contribution in [3.8, 4) is 11.3 Å². The fourth-order valence-electron chi connectivity index (χ4n) is 1.03. The minimum absolute atomic E-state index is 0.276. The summed E-state index contributed by atoms with van der Waals surface area (Å²) < 4.78 is 0. The molecule has 2 rings (SSSR count). The molecule has 0 aliphatic rings. The summed E-state index contributed by atoms with van der Waals surface area (Å²) in [5.74, 6) is 0. The molecule has 0 radical (unpaired) electrons. The summed E-state index contributed by atoms with van der Waals surface area (Å²) in [6.45, 7) is 0. The Morgan fingerprint density at radius 3 is 2.77 bits per heavy atom. The van der Waals surface area contributed by atoms with Crippen LogP contribution in [0.15, 0.2) is 28.0 Å². The predicted molar refractivity (Wildman–Crippen MR) is 45.3 cm³/mol. The fraction of sp³-hybridized carbons (Fsp3) is 0. The predicted octanol–water partition coefficient (Wildman–Crippen LogP) is -0.547. The summed E-state index contributed by atoms with van der Waals surface area (Å²) >= 11 is 0. The number of nitrogens with one attached hydrogen (secondary N) is 3. The lowest BCUT2D eigenvalue weighted by Crippen LogP contribution is -2.11. The van der Waals surface area contributed by atoms with E-state index < -0.39 is 5.69 Å². The van der Waals surface area contributed by atoms with Gasteiger partial charge in [0.25, 0.3) is 5.56 Å². The van der Waals surface area contributed by atoms with Crippen LogP contribution in [-0.4, -0.2) is 20.2 Å². The number of aromatic nitrogens is 4. The second-order valence-electron chi connectivity index (χ2n) is 2.45.